The summed E-state index contributed by atoms with van der Waals surface area (Å²) in [5.74, 6) is 0.617. The Kier molecular flexibility index (Phi) is 3.43. The third kappa shape index (κ3) is 2.72. The van der Waals surface area contributed by atoms with Crippen LogP contribution in [0.15, 0.2) is 12.4 Å². The van der Waals surface area contributed by atoms with Crippen molar-refractivity contribution < 1.29 is 13.2 Å². The molecular formula is C11H15F3N4. The first-order chi connectivity index (χ1) is 8.38. The molecular weight excluding hydrogens is 245 g/mol. The molecule has 2 atom stereocenters. The van der Waals surface area contributed by atoms with E-state index in [2.05, 4.69) is 9.97 Å². The van der Waals surface area contributed by atoms with E-state index in [-0.39, 0.29) is 12.0 Å². The second-order valence-corrected chi connectivity index (χ2v) is 4.65. The van der Waals surface area contributed by atoms with Crippen LogP contribution in [0.1, 0.15) is 18.9 Å². The zero-order valence-electron chi connectivity index (χ0n) is 9.98. The first kappa shape index (κ1) is 13.1. The summed E-state index contributed by atoms with van der Waals surface area (Å²) in [7, 11) is 0. The van der Waals surface area contributed by atoms with Gasteiger partial charge in [-0.15, -0.1) is 0 Å². The van der Waals surface area contributed by atoms with Gasteiger partial charge in [0.2, 0.25) is 5.95 Å². The van der Waals surface area contributed by atoms with Crippen LogP contribution < -0.4 is 10.6 Å². The van der Waals surface area contributed by atoms with Gasteiger partial charge in [0.15, 0.2) is 0 Å². The Balaban J connectivity index is 2.11. The summed E-state index contributed by atoms with van der Waals surface area (Å²) < 4.78 is 37.1. The van der Waals surface area contributed by atoms with Crippen LogP contribution in [0, 0.1) is 5.92 Å². The molecule has 0 saturated carbocycles. The molecule has 1 fully saturated rings. The Hall–Kier alpha value is -1.37. The van der Waals surface area contributed by atoms with Crippen molar-refractivity contribution in [2.75, 3.05) is 18.0 Å². The maximum Gasteiger partial charge on any atom is 0.419 e. The van der Waals surface area contributed by atoms with E-state index >= 15 is 0 Å². The number of aromatic nitrogens is 2. The molecule has 0 radical (unpaired) electrons. The lowest BCUT2D eigenvalue weighted by Gasteiger charge is -2.35. The van der Waals surface area contributed by atoms with Gasteiger partial charge in [0.1, 0.15) is 0 Å². The number of alkyl halides is 3. The lowest BCUT2D eigenvalue weighted by Crippen LogP contribution is -2.46. The summed E-state index contributed by atoms with van der Waals surface area (Å²) in [5.41, 5.74) is 5.06. The maximum absolute atomic E-state index is 12.4. The van der Waals surface area contributed by atoms with Crippen molar-refractivity contribution in [3.8, 4) is 0 Å². The topological polar surface area (TPSA) is 55.0 Å². The van der Waals surface area contributed by atoms with Crippen LogP contribution in [0.25, 0.3) is 0 Å². The van der Waals surface area contributed by atoms with E-state index < -0.39 is 11.7 Å². The smallest absolute Gasteiger partial charge is 0.340 e. The highest BCUT2D eigenvalue weighted by Crippen LogP contribution is 2.28. The van der Waals surface area contributed by atoms with Crippen LogP contribution in [0.2, 0.25) is 0 Å². The zero-order valence-corrected chi connectivity index (χ0v) is 9.98. The van der Waals surface area contributed by atoms with E-state index in [4.69, 9.17) is 5.73 Å². The largest absolute Gasteiger partial charge is 0.419 e. The van der Waals surface area contributed by atoms with Gasteiger partial charge in [0, 0.05) is 31.5 Å². The minimum atomic E-state index is -4.39. The van der Waals surface area contributed by atoms with Crippen LogP contribution >= 0.6 is 0 Å². The Bertz CT molecular complexity index is 404. The fourth-order valence-electron chi connectivity index (χ4n) is 1.98. The molecule has 0 amide bonds. The van der Waals surface area contributed by atoms with E-state index in [1.165, 1.54) is 0 Å². The molecule has 4 nitrogen and oxygen atoms in total. The van der Waals surface area contributed by atoms with E-state index in [0.29, 0.717) is 19.0 Å². The number of halogens is 3. The van der Waals surface area contributed by atoms with Gasteiger partial charge < -0.3 is 10.6 Å². The molecule has 0 aliphatic carbocycles. The van der Waals surface area contributed by atoms with E-state index in [0.717, 1.165) is 18.8 Å². The molecule has 2 rings (SSSR count). The molecule has 0 unspecified atom stereocenters. The first-order valence-electron chi connectivity index (χ1n) is 5.77. The molecule has 1 aromatic rings. The summed E-state index contributed by atoms with van der Waals surface area (Å²) in [6.45, 7) is 3.37. The second-order valence-electron chi connectivity index (χ2n) is 4.65. The van der Waals surface area contributed by atoms with Gasteiger partial charge in [-0.3, -0.25) is 0 Å². The molecule has 1 aliphatic rings. The third-order valence-corrected chi connectivity index (χ3v) is 3.22. The fourth-order valence-corrected chi connectivity index (χ4v) is 1.98. The van der Waals surface area contributed by atoms with Gasteiger partial charge in [0.05, 0.1) is 5.56 Å². The molecule has 1 saturated heterocycles. The van der Waals surface area contributed by atoms with Gasteiger partial charge in [-0.25, -0.2) is 9.97 Å². The van der Waals surface area contributed by atoms with Crippen LogP contribution in [0.5, 0.6) is 0 Å². The molecule has 2 heterocycles. The van der Waals surface area contributed by atoms with Crippen LogP contribution in [-0.4, -0.2) is 29.1 Å². The Morgan fingerprint density at radius 2 is 1.94 bits per heavy atom. The third-order valence-electron chi connectivity index (χ3n) is 3.22. The summed E-state index contributed by atoms with van der Waals surface area (Å²) in [6, 6.07) is 0.135. The second kappa shape index (κ2) is 4.72. The van der Waals surface area contributed by atoms with Gasteiger partial charge in [0.25, 0.3) is 0 Å². The molecule has 1 aliphatic heterocycles. The van der Waals surface area contributed by atoms with Crippen LogP contribution in [-0.2, 0) is 6.18 Å². The highest BCUT2D eigenvalue weighted by Gasteiger charge is 2.32. The van der Waals surface area contributed by atoms with E-state index in [9.17, 15) is 13.2 Å². The summed E-state index contributed by atoms with van der Waals surface area (Å²) >= 11 is 0. The molecule has 0 aromatic carbocycles. The first-order valence-corrected chi connectivity index (χ1v) is 5.77. The highest BCUT2D eigenvalue weighted by atomic mass is 19.4. The predicted molar refractivity (Wildman–Crippen MR) is 61.0 cm³/mol. The van der Waals surface area contributed by atoms with Crippen molar-refractivity contribution in [3.05, 3.63) is 18.0 Å². The Morgan fingerprint density at radius 1 is 1.33 bits per heavy atom. The van der Waals surface area contributed by atoms with Crippen LogP contribution in [0.4, 0.5) is 19.1 Å². The predicted octanol–water partition coefficient (Wildman–Crippen LogP) is 1.67. The van der Waals surface area contributed by atoms with Gasteiger partial charge in [-0.2, -0.15) is 13.2 Å². The number of nitrogens with zero attached hydrogens (tertiary/aromatic N) is 3. The lowest BCUT2D eigenvalue weighted by atomic mass is 9.95. The SMILES string of the molecule is C[C@H]1CN(c2ncc(C(F)(F)F)cn2)CC[C@@H]1N. The molecule has 18 heavy (non-hydrogen) atoms. The van der Waals surface area contributed by atoms with E-state index in [1.807, 2.05) is 11.8 Å². The number of rotatable bonds is 1. The van der Waals surface area contributed by atoms with Gasteiger partial charge in [-0.1, -0.05) is 6.92 Å². The quantitative estimate of drug-likeness (QED) is 0.834. The molecule has 0 spiro atoms. The summed E-state index contributed by atoms with van der Waals surface area (Å²) in [6.07, 6.45) is -1.95. The maximum atomic E-state index is 12.4. The van der Waals surface area contributed by atoms with Crippen molar-refractivity contribution in [3.63, 3.8) is 0 Å². The Morgan fingerprint density at radius 3 is 2.44 bits per heavy atom. The van der Waals surface area contributed by atoms with Gasteiger partial charge >= 0.3 is 6.18 Å². The average molecular weight is 260 g/mol. The fraction of sp³-hybridized carbons (Fsp3) is 0.636. The van der Waals surface area contributed by atoms with E-state index in [1.54, 1.807) is 0 Å². The van der Waals surface area contributed by atoms with Gasteiger partial charge in [-0.05, 0) is 12.3 Å². The van der Waals surface area contributed by atoms with Crippen molar-refractivity contribution >= 4 is 5.95 Å². The number of nitrogens with two attached hydrogens (primary N) is 1. The zero-order chi connectivity index (χ0) is 13.3. The Labute approximate surface area is 103 Å². The summed E-state index contributed by atoms with van der Waals surface area (Å²) in [4.78, 5) is 9.43. The highest BCUT2D eigenvalue weighted by molar-refractivity contribution is 5.31. The van der Waals surface area contributed by atoms with Crippen molar-refractivity contribution in [1.29, 1.82) is 0 Å². The average Bonchev–Trinajstić information content (AvgIpc) is 2.32. The molecule has 7 heteroatoms. The number of piperidine rings is 1. The number of hydrogen-bond donors (Lipinski definition) is 1. The minimum Gasteiger partial charge on any atom is -0.340 e. The normalized spacial score (nSPS) is 25.3. The molecule has 100 valence electrons. The molecule has 2 N–H and O–H groups in total. The number of hydrogen-bond acceptors (Lipinski definition) is 4. The van der Waals surface area contributed by atoms with Crippen molar-refractivity contribution in [2.45, 2.75) is 25.6 Å². The lowest BCUT2D eigenvalue weighted by molar-refractivity contribution is -0.138. The number of anilines is 1. The van der Waals surface area contributed by atoms with Crippen molar-refractivity contribution in [2.24, 2.45) is 11.7 Å². The standard InChI is InChI=1S/C11H15F3N4/c1-7-6-18(3-2-9(7)15)10-16-4-8(5-17-10)11(12,13)14/h4-5,7,9H,2-3,6,15H2,1H3/t7-,9-/m0/s1. The minimum absolute atomic E-state index is 0.135. The van der Waals surface area contributed by atoms with Crippen LogP contribution in [0.3, 0.4) is 0 Å². The summed E-state index contributed by atoms with van der Waals surface area (Å²) in [5, 5.41) is 0. The monoisotopic (exact) mass is 260 g/mol. The molecule has 1 aromatic heterocycles. The van der Waals surface area contributed by atoms with Crippen molar-refractivity contribution in [1.82, 2.24) is 9.97 Å². The molecule has 0 bridgehead atoms.